The van der Waals surface area contributed by atoms with E-state index in [0.717, 1.165) is 17.9 Å². The van der Waals surface area contributed by atoms with Gasteiger partial charge in [0, 0.05) is 11.1 Å². The zero-order valence-electron chi connectivity index (χ0n) is 11.3. The maximum absolute atomic E-state index is 6.16. The molecule has 0 aliphatic carbocycles. The third-order valence-electron chi connectivity index (χ3n) is 3.32. The second-order valence-corrected chi connectivity index (χ2v) is 5.27. The summed E-state index contributed by atoms with van der Waals surface area (Å²) in [6.07, 6.45) is 8.52. The van der Waals surface area contributed by atoms with Gasteiger partial charge in [0.05, 0.1) is 0 Å². The minimum Gasteiger partial charge on any atom is -0.271 e. The number of hydrogen-bond donors (Lipinski definition) is 2. The highest BCUT2D eigenvalue weighted by atomic mass is 35.5. The van der Waals surface area contributed by atoms with Crippen LogP contribution >= 0.6 is 11.6 Å². The molecule has 0 heterocycles. The Morgan fingerprint density at radius 1 is 1.17 bits per heavy atom. The molecule has 0 aliphatic heterocycles. The van der Waals surface area contributed by atoms with Crippen molar-refractivity contribution in [1.82, 2.24) is 5.43 Å². The van der Waals surface area contributed by atoms with Crippen molar-refractivity contribution < 1.29 is 0 Å². The molecule has 1 aromatic carbocycles. The molecule has 0 saturated carbocycles. The van der Waals surface area contributed by atoms with Crippen LogP contribution in [0, 0.1) is 0 Å². The lowest BCUT2D eigenvalue weighted by atomic mass is 10.0. The van der Waals surface area contributed by atoms with E-state index >= 15 is 0 Å². The molecule has 1 atom stereocenters. The zero-order valence-corrected chi connectivity index (χ0v) is 12.0. The molecule has 0 bridgehead atoms. The quantitative estimate of drug-likeness (QED) is 0.402. The summed E-state index contributed by atoms with van der Waals surface area (Å²) >= 11 is 6.16. The smallest absolute Gasteiger partial charge is 0.0438 e. The van der Waals surface area contributed by atoms with Crippen LogP contribution in [0.5, 0.6) is 0 Å². The summed E-state index contributed by atoms with van der Waals surface area (Å²) in [6, 6.07) is 8.32. The highest BCUT2D eigenvalue weighted by molar-refractivity contribution is 6.31. The highest BCUT2D eigenvalue weighted by Gasteiger charge is 2.09. The maximum atomic E-state index is 6.16. The Labute approximate surface area is 116 Å². The van der Waals surface area contributed by atoms with Gasteiger partial charge < -0.3 is 0 Å². The van der Waals surface area contributed by atoms with Crippen molar-refractivity contribution in [2.24, 2.45) is 5.84 Å². The Bertz CT molecular complexity index is 328. The van der Waals surface area contributed by atoms with Crippen LogP contribution in [-0.4, -0.2) is 6.04 Å². The third kappa shape index (κ3) is 5.85. The number of benzene rings is 1. The van der Waals surface area contributed by atoms with E-state index < -0.39 is 0 Å². The number of halogens is 1. The van der Waals surface area contributed by atoms with E-state index in [4.69, 9.17) is 17.4 Å². The van der Waals surface area contributed by atoms with E-state index in [1.54, 1.807) is 0 Å². The van der Waals surface area contributed by atoms with Crippen LogP contribution in [-0.2, 0) is 6.42 Å². The maximum Gasteiger partial charge on any atom is 0.0438 e. The van der Waals surface area contributed by atoms with Crippen LogP contribution < -0.4 is 11.3 Å². The summed E-state index contributed by atoms with van der Waals surface area (Å²) in [5, 5.41) is 0.837. The molecular formula is C15H25ClN2. The second-order valence-electron chi connectivity index (χ2n) is 4.86. The highest BCUT2D eigenvalue weighted by Crippen LogP contribution is 2.18. The van der Waals surface area contributed by atoms with Gasteiger partial charge in [-0.2, -0.15) is 0 Å². The number of nitrogens with one attached hydrogen (secondary N) is 1. The fourth-order valence-corrected chi connectivity index (χ4v) is 2.38. The molecule has 0 amide bonds. The van der Waals surface area contributed by atoms with E-state index in [1.807, 2.05) is 18.2 Å². The third-order valence-corrected chi connectivity index (χ3v) is 3.68. The Morgan fingerprint density at radius 2 is 1.89 bits per heavy atom. The lowest BCUT2D eigenvalue weighted by Crippen LogP contribution is -2.36. The summed E-state index contributed by atoms with van der Waals surface area (Å²) in [6.45, 7) is 2.24. The SMILES string of the molecule is CCCCCCCC(Cc1ccccc1Cl)NN. The average molecular weight is 269 g/mol. The van der Waals surface area contributed by atoms with Crippen molar-refractivity contribution in [3.63, 3.8) is 0 Å². The van der Waals surface area contributed by atoms with Crippen LogP contribution in [0.1, 0.15) is 51.0 Å². The molecule has 0 fully saturated rings. The van der Waals surface area contributed by atoms with Gasteiger partial charge >= 0.3 is 0 Å². The van der Waals surface area contributed by atoms with Gasteiger partial charge in [0.1, 0.15) is 0 Å². The number of nitrogens with two attached hydrogens (primary N) is 1. The first-order chi connectivity index (χ1) is 8.77. The molecule has 0 spiro atoms. The molecule has 3 N–H and O–H groups in total. The van der Waals surface area contributed by atoms with Crippen molar-refractivity contribution in [2.75, 3.05) is 0 Å². The summed E-state index contributed by atoms with van der Waals surface area (Å²) in [5.41, 5.74) is 4.09. The molecule has 1 unspecified atom stereocenters. The predicted octanol–water partition coefficient (Wildman–Crippen LogP) is 4.07. The summed E-state index contributed by atoms with van der Waals surface area (Å²) in [5.74, 6) is 5.62. The largest absolute Gasteiger partial charge is 0.271 e. The molecule has 0 radical (unpaired) electrons. The summed E-state index contributed by atoms with van der Waals surface area (Å²) in [4.78, 5) is 0. The van der Waals surface area contributed by atoms with Gasteiger partial charge in [0.15, 0.2) is 0 Å². The minimum absolute atomic E-state index is 0.325. The van der Waals surface area contributed by atoms with Crippen LogP contribution in [0.4, 0.5) is 0 Å². The van der Waals surface area contributed by atoms with Gasteiger partial charge in [-0.05, 0) is 24.5 Å². The summed E-state index contributed by atoms with van der Waals surface area (Å²) in [7, 11) is 0. The standard InChI is InChI=1S/C15H25ClN2/c1-2-3-4-5-6-10-14(18-17)12-13-9-7-8-11-15(13)16/h7-9,11,14,18H,2-6,10,12,17H2,1H3. The van der Waals surface area contributed by atoms with Crippen molar-refractivity contribution in [1.29, 1.82) is 0 Å². The fraction of sp³-hybridized carbons (Fsp3) is 0.600. The average Bonchev–Trinajstić information content (AvgIpc) is 2.39. The predicted molar refractivity (Wildman–Crippen MR) is 79.6 cm³/mol. The lowest BCUT2D eigenvalue weighted by Gasteiger charge is -2.16. The van der Waals surface area contributed by atoms with Crippen LogP contribution in [0.3, 0.4) is 0 Å². The van der Waals surface area contributed by atoms with E-state index in [1.165, 1.54) is 37.7 Å². The van der Waals surface area contributed by atoms with E-state index in [0.29, 0.717) is 6.04 Å². The van der Waals surface area contributed by atoms with Crippen molar-refractivity contribution in [3.8, 4) is 0 Å². The molecule has 2 nitrogen and oxygen atoms in total. The van der Waals surface area contributed by atoms with Gasteiger partial charge in [-0.15, -0.1) is 0 Å². The first-order valence-electron chi connectivity index (χ1n) is 6.97. The van der Waals surface area contributed by atoms with Gasteiger partial charge in [0.25, 0.3) is 0 Å². The summed E-state index contributed by atoms with van der Waals surface area (Å²) < 4.78 is 0. The van der Waals surface area contributed by atoms with E-state index in [9.17, 15) is 0 Å². The number of rotatable bonds is 9. The zero-order chi connectivity index (χ0) is 13.2. The number of hydrogen-bond acceptors (Lipinski definition) is 2. The Morgan fingerprint density at radius 3 is 2.56 bits per heavy atom. The second kappa shape index (κ2) is 9.37. The normalized spacial score (nSPS) is 12.6. The molecular weight excluding hydrogens is 244 g/mol. The topological polar surface area (TPSA) is 38.0 Å². The first-order valence-corrected chi connectivity index (χ1v) is 7.35. The van der Waals surface area contributed by atoms with Gasteiger partial charge in [-0.25, -0.2) is 0 Å². The Kier molecular flexibility index (Phi) is 8.06. The minimum atomic E-state index is 0.325. The monoisotopic (exact) mass is 268 g/mol. The molecule has 0 saturated heterocycles. The van der Waals surface area contributed by atoms with E-state index in [2.05, 4.69) is 18.4 Å². The van der Waals surface area contributed by atoms with Crippen LogP contribution in [0.15, 0.2) is 24.3 Å². The van der Waals surface area contributed by atoms with Crippen molar-refractivity contribution in [3.05, 3.63) is 34.9 Å². The molecule has 1 rings (SSSR count). The molecule has 3 heteroatoms. The van der Waals surface area contributed by atoms with Crippen molar-refractivity contribution >= 4 is 11.6 Å². The molecule has 0 aromatic heterocycles. The Hall–Kier alpha value is -0.570. The van der Waals surface area contributed by atoms with E-state index in [-0.39, 0.29) is 0 Å². The Balaban J connectivity index is 2.31. The number of hydrazine groups is 1. The lowest BCUT2D eigenvalue weighted by molar-refractivity contribution is 0.461. The first kappa shape index (κ1) is 15.5. The fourth-order valence-electron chi connectivity index (χ4n) is 2.17. The van der Waals surface area contributed by atoms with Gasteiger partial charge in [0.2, 0.25) is 0 Å². The van der Waals surface area contributed by atoms with Crippen molar-refractivity contribution in [2.45, 2.75) is 57.9 Å². The van der Waals surface area contributed by atoms with Crippen LogP contribution in [0.2, 0.25) is 5.02 Å². The molecule has 0 aliphatic rings. The van der Waals surface area contributed by atoms with Gasteiger partial charge in [-0.1, -0.05) is 68.8 Å². The number of unbranched alkanes of at least 4 members (excludes halogenated alkanes) is 4. The molecule has 18 heavy (non-hydrogen) atoms. The molecule has 102 valence electrons. The van der Waals surface area contributed by atoms with Crippen LogP contribution in [0.25, 0.3) is 0 Å². The molecule has 1 aromatic rings. The van der Waals surface area contributed by atoms with Gasteiger partial charge in [-0.3, -0.25) is 11.3 Å².